The van der Waals surface area contributed by atoms with E-state index in [-0.39, 0.29) is 34.1 Å². The number of sulfonamides is 1. The van der Waals surface area contributed by atoms with Crippen molar-refractivity contribution in [2.75, 3.05) is 46.5 Å². The summed E-state index contributed by atoms with van der Waals surface area (Å²) in [5.41, 5.74) is 0.988. The molecule has 172 valence electrons. The summed E-state index contributed by atoms with van der Waals surface area (Å²) in [7, 11) is -2.75. The molecule has 1 amide bonds. The Morgan fingerprint density at radius 3 is 2.56 bits per heavy atom. The number of carbonyl (C=O) groups excluding carboxylic acids is 2. The number of rotatable bonds is 5. The maximum Gasteiger partial charge on any atom is 0.349 e. The van der Waals surface area contributed by atoms with Crippen LogP contribution in [0, 0.1) is 5.92 Å². The first kappa shape index (κ1) is 22.8. The molecule has 0 saturated carbocycles. The van der Waals surface area contributed by atoms with Gasteiger partial charge in [0.15, 0.2) is 0 Å². The maximum atomic E-state index is 13.4. The van der Waals surface area contributed by atoms with Crippen LogP contribution in [-0.2, 0) is 24.3 Å². The Morgan fingerprint density at radius 2 is 1.88 bits per heavy atom. The van der Waals surface area contributed by atoms with Crippen LogP contribution in [0.2, 0.25) is 0 Å². The molecule has 2 aromatic rings. The first-order chi connectivity index (χ1) is 15.4. The zero-order valence-corrected chi connectivity index (χ0v) is 19.3. The second kappa shape index (κ2) is 9.65. The van der Waals surface area contributed by atoms with Crippen molar-refractivity contribution in [2.45, 2.75) is 16.7 Å². The average Bonchev–Trinajstić information content (AvgIpc) is 3.35. The number of morpholine rings is 1. The van der Waals surface area contributed by atoms with Gasteiger partial charge in [-0.2, -0.15) is 4.31 Å². The van der Waals surface area contributed by atoms with Crippen LogP contribution >= 0.6 is 11.3 Å². The molecule has 0 bridgehead atoms. The summed E-state index contributed by atoms with van der Waals surface area (Å²) in [5, 5.41) is 0. The van der Waals surface area contributed by atoms with E-state index in [1.54, 1.807) is 4.90 Å². The quantitative estimate of drug-likeness (QED) is 0.600. The third-order valence-electron chi connectivity index (χ3n) is 5.79. The van der Waals surface area contributed by atoms with E-state index < -0.39 is 21.9 Å². The first-order valence-corrected chi connectivity index (χ1v) is 12.6. The Balaban J connectivity index is 1.62. The second-order valence-corrected chi connectivity index (χ2v) is 10.9. The van der Waals surface area contributed by atoms with Crippen molar-refractivity contribution in [3.63, 3.8) is 0 Å². The number of carbonyl (C=O) groups is 2. The van der Waals surface area contributed by atoms with Crippen LogP contribution in [0.1, 0.15) is 27.6 Å². The minimum absolute atomic E-state index is 0.0523. The lowest BCUT2D eigenvalue weighted by atomic mass is 9.85. The van der Waals surface area contributed by atoms with Crippen LogP contribution < -0.4 is 0 Å². The van der Waals surface area contributed by atoms with E-state index in [9.17, 15) is 18.0 Å². The summed E-state index contributed by atoms with van der Waals surface area (Å²) < 4.78 is 38.0. The molecule has 11 heteroatoms. The van der Waals surface area contributed by atoms with Crippen molar-refractivity contribution < 1.29 is 27.5 Å². The number of nitrogens with zero attached hydrogens (tertiary/aromatic N) is 3. The van der Waals surface area contributed by atoms with E-state index >= 15 is 0 Å². The molecule has 4 rings (SSSR count). The van der Waals surface area contributed by atoms with Gasteiger partial charge in [0.2, 0.25) is 10.2 Å². The minimum atomic E-state index is -3.98. The normalized spacial score (nSPS) is 22.5. The van der Waals surface area contributed by atoms with E-state index in [0.717, 1.165) is 16.9 Å². The van der Waals surface area contributed by atoms with Crippen molar-refractivity contribution in [3.05, 3.63) is 47.0 Å². The molecule has 2 aliphatic rings. The lowest BCUT2D eigenvalue weighted by Gasteiger charge is -2.39. The van der Waals surface area contributed by atoms with Crippen molar-refractivity contribution in [1.29, 1.82) is 0 Å². The van der Waals surface area contributed by atoms with E-state index in [4.69, 9.17) is 4.74 Å². The highest BCUT2D eigenvalue weighted by Crippen LogP contribution is 2.35. The Kier molecular flexibility index (Phi) is 6.89. The summed E-state index contributed by atoms with van der Waals surface area (Å²) in [6.07, 6.45) is 1.77. The standard InChI is InChI=1S/C21H25N3O6S2/c1-29-20(26)18-12-22-21(31-18)32(27,28)24-13-16(15-5-3-2-4-6-15)11-17(14-24)19(25)23-7-9-30-10-8-23/h2-6,12,16-17H,7-11,13-14H2,1H3/t16?,17-/m0/s1. The second-order valence-electron chi connectivity index (χ2n) is 7.78. The maximum absolute atomic E-state index is 13.4. The lowest BCUT2D eigenvalue weighted by molar-refractivity contribution is -0.141. The number of hydrogen-bond donors (Lipinski definition) is 0. The van der Waals surface area contributed by atoms with Crippen molar-refractivity contribution in [3.8, 4) is 0 Å². The fourth-order valence-corrected chi connectivity index (χ4v) is 6.86. The third kappa shape index (κ3) is 4.70. The molecule has 1 aromatic carbocycles. The Labute approximate surface area is 191 Å². The molecular formula is C21H25N3O6S2. The Bertz CT molecular complexity index is 1070. The van der Waals surface area contributed by atoms with Crippen LogP contribution in [-0.4, -0.2) is 81.0 Å². The molecule has 2 atom stereocenters. The average molecular weight is 480 g/mol. The predicted molar refractivity (Wildman–Crippen MR) is 117 cm³/mol. The summed E-state index contributed by atoms with van der Waals surface area (Å²) in [6.45, 7) is 2.30. The molecule has 1 aromatic heterocycles. The smallest absolute Gasteiger partial charge is 0.349 e. The molecule has 0 aliphatic carbocycles. The highest BCUT2D eigenvalue weighted by molar-refractivity contribution is 7.91. The Hall–Kier alpha value is -2.34. The molecule has 3 heterocycles. The monoisotopic (exact) mass is 479 g/mol. The van der Waals surface area contributed by atoms with Gasteiger partial charge in [0.1, 0.15) is 4.88 Å². The van der Waals surface area contributed by atoms with Crippen molar-refractivity contribution in [2.24, 2.45) is 5.92 Å². The fourth-order valence-electron chi connectivity index (χ4n) is 4.13. The molecule has 2 fully saturated rings. The van der Waals surface area contributed by atoms with Crippen molar-refractivity contribution >= 4 is 33.2 Å². The molecule has 2 saturated heterocycles. The number of esters is 1. The van der Waals surface area contributed by atoms with E-state index in [0.29, 0.717) is 32.7 Å². The number of thiazole rings is 1. The molecule has 0 N–H and O–H groups in total. The van der Waals surface area contributed by atoms with E-state index in [1.165, 1.54) is 17.6 Å². The van der Waals surface area contributed by atoms with Gasteiger partial charge in [-0.3, -0.25) is 4.79 Å². The van der Waals surface area contributed by atoms with Crippen molar-refractivity contribution in [1.82, 2.24) is 14.2 Å². The number of benzene rings is 1. The van der Waals surface area contributed by atoms with Gasteiger partial charge in [0.05, 0.1) is 32.4 Å². The summed E-state index contributed by atoms with van der Waals surface area (Å²) >= 11 is 0.774. The molecule has 2 aliphatic heterocycles. The first-order valence-electron chi connectivity index (χ1n) is 10.4. The number of ether oxygens (including phenoxy) is 2. The highest BCUT2D eigenvalue weighted by atomic mass is 32.2. The van der Waals surface area contributed by atoms with Crippen LogP contribution in [0.15, 0.2) is 40.9 Å². The molecular weight excluding hydrogens is 454 g/mol. The molecule has 1 unspecified atom stereocenters. The number of amides is 1. The lowest BCUT2D eigenvalue weighted by Crippen LogP contribution is -2.51. The van der Waals surface area contributed by atoms with E-state index in [1.807, 2.05) is 30.3 Å². The van der Waals surface area contributed by atoms with Crippen LogP contribution in [0.5, 0.6) is 0 Å². The van der Waals surface area contributed by atoms with Gasteiger partial charge in [-0.25, -0.2) is 18.2 Å². The van der Waals surface area contributed by atoms with Gasteiger partial charge >= 0.3 is 5.97 Å². The third-order valence-corrected chi connectivity index (χ3v) is 8.97. The van der Waals surface area contributed by atoms with Crippen LogP contribution in [0.3, 0.4) is 0 Å². The summed E-state index contributed by atoms with van der Waals surface area (Å²) in [5.74, 6) is -1.29. The fraction of sp³-hybridized carbons (Fsp3) is 0.476. The molecule has 0 spiro atoms. The van der Waals surface area contributed by atoms with Crippen LogP contribution in [0.4, 0.5) is 0 Å². The van der Waals surface area contributed by atoms with Crippen LogP contribution in [0.25, 0.3) is 0 Å². The largest absolute Gasteiger partial charge is 0.465 e. The molecule has 32 heavy (non-hydrogen) atoms. The number of piperidine rings is 1. The van der Waals surface area contributed by atoms with Gasteiger partial charge < -0.3 is 14.4 Å². The highest BCUT2D eigenvalue weighted by Gasteiger charge is 2.41. The van der Waals surface area contributed by atoms with Gasteiger partial charge in [0.25, 0.3) is 10.0 Å². The zero-order chi connectivity index (χ0) is 22.7. The number of hydrogen-bond acceptors (Lipinski definition) is 8. The Morgan fingerprint density at radius 1 is 1.16 bits per heavy atom. The SMILES string of the molecule is COC(=O)c1cnc(S(=O)(=O)N2CC(c3ccccc3)C[C@H](C(=O)N3CCOCC3)C2)s1. The zero-order valence-electron chi connectivity index (χ0n) is 17.7. The summed E-state index contributed by atoms with van der Waals surface area (Å²) in [4.78, 5) is 30.8. The predicted octanol–water partition coefficient (Wildman–Crippen LogP) is 1.58. The number of methoxy groups -OCH3 is 1. The van der Waals surface area contributed by atoms with Gasteiger partial charge in [0, 0.05) is 26.2 Å². The van der Waals surface area contributed by atoms with Gasteiger partial charge in [-0.1, -0.05) is 41.7 Å². The van der Waals surface area contributed by atoms with Gasteiger partial charge in [-0.15, -0.1) is 0 Å². The molecule has 9 nitrogen and oxygen atoms in total. The number of aromatic nitrogens is 1. The topological polar surface area (TPSA) is 106 Å². The molecule has 0 radical (unpaired) electrons. The van der Waals surface area contributed by atoms with Gasteiger partial charge in [-0.05, 0) is 17.9 Å². The summed E-state index contributed by atoms with van der Waals surface area (Å²) in [6, 6.07) is 9.63. The minimum Gasteiger partial charge on any atom is -0.465 e. The van der Waals surface area contributed by atoms with E-state index in [2.05, 4.69) is 9.72 Å².